The molecule has 0 aromatic carbocycles. The second-order valence-electron chi connectivity index (χ2n) is 29.3. The van der Waals surface area contributed by atoms with Crippen molar-refractivity contribution in [3.8, 4) is 0 Å². The van der Waals surface area contributed by atoms with Crippen LogP contribution in [0.15, 0.2) is 0 Å². The number of rotatable bonds is 73. The van der Waals surface area contributed by atoms with E-state index < -0.39 is 0 Å². The van der Waals surface area contributed by atoms with Crippen molar-refractivity contribution in [3.05, 3.63) is 0 Å². The van der Waals surface area contributed by atoms with Crippen LogP contribution in [-0.4, -0.2) is 32.7 Å². The first-order valence-corrected chi connectivity index (χ1v) is 40.6. The summed E-state index contributed by atoms with van der Waals surface area (Å²) in [5.41, 5.74) is 0. The van der Waals surface area contributed by atoms with Crippen LogP contribution in [0.3, 0.4) is 0 Å². The van der Waals surface area contributed by atoms with Crippen molar-refractivity contribution < 1.29 is 14.2 Å². The molecular weight excluding hydrogens is 1040 g/mol. The lowest BCUT2D eigenvalue weighted by atomic mass is 9.94. The molecule has 0 heterocycles. The van der Waals surface area contributed by atoms with Crippen LogP contribution < -0.4 is 0 Å². The minimum Gasteiger partial charge on any atom is -0.381 e. The van der Waals surface area contributed by atoms with Crippen LogP contribution in [0.4, 0.5) is 0 Å². The molecule has 0 amide bonds. The van der Waals surface area contributed by atoms with Gasteiger partial charge in [0.25, 0.3) is 0 Å². The Hall–Kier alpha value is -0.120. The molecule has 3 atom stereocenters. The lowest BCUT2D eigenvalue weighted by Gasteiger charge is -2.26. The highest BCUT2D eigenvalue weighted by atomic mass is 16.7. The summed E-state index contributed by atoms with van der Waals surface area (Å²) in [4.78, 5) is 0. The quantitative estimate of drug-likeness (QED) is 0.0449. The first kappa shape index (κ1) is 90.1. The molecule has 0 spiro atoms. The molecule has 0 saturated heterocycles. The minimum atomic E-state index is -0.0254. The Morgan fingerprint density at radius 3 is 0.581 bits per heavy atom. The molecule has 3 heteroatoms. The molecule has 522 valence electrons. The van der Waals surface area contributed by atoms with Crippen LogP contribution >= 0.6 is 0 Å². The van der Waals surface area contributed by atoms with Crippen molar-refractivity contribution in [2.45, 2.75) is 481 Å². The fourth-order valence-corrected chi connectivity index (χ4v) is 13.0. The van der Waals surface area contributed by atoms with Gasteiger partial charge in [0.2, 0.25) is 0 Å². The van der Waals surface area contributed by atoms with Crippen LogP contribution in [0, 0.1) is 29.6 Å². The van der Waals surface area contributed by atoms with Gasteiger partial charge in [-0.2, -0.15) is 0 Å². The van der Waals surface area contributed by atoms with Crippen LogP contribution in [0.1, 0.15) is 475 Å². The number of ether oxygens (including phenoxy) is 3. The average Bonchev–Trinajstić information content (AvgIpc) is 3.61. The maximum Gasteiger partial charge on any atom is 0.157 e. The molecule has 0 saturated carbocycles. The largest absolute Gasteiger partial charge is 0.381 e. The van der Waals surface area contributed by atoms with Gasteiger partial charge in [0, 0.05) is 19.6 Å². The Labute approximate surface area is 548 Å². The third-order valence-corrected chi connectivity index (χ3v) is 19.2. The smallest absolute Gasteiger partial charge is 0.157 e. The SMILES string of the molecule is C.CCCCCCCCCCCCC(CCCCCCCCCC)COC(CC(C)C)OCC(CCCCCCCCCC)CCCCCCCCCCCC.CCCCCCCCCCCCC(CCCCCCCCCC)COCCC(C)C. The van der Waals surface area contributed by atoms with Crippen LogP contribution in [0.5, 0.6) is 0 Å². The Kier molecular flexibility index (Phi) is 82.9. The zero-order valence-electron chi connectivity index (χ0n) is 61.4. The molecule has 0 rings (SSSR count). The second kappa shape index (κ2) is 79.1. The zero-order valence-corrected chi connectivity index (χ0v) is 61.4. The topological polar surface area (TPSA) is 27.7 Å². The predicted molar refractivity (Wildman–Crippen MR) is 394 cm³/mol. The Bertz CT molecular complexity index is 1080. The number of hydrogen-bond donors (Lipinski definition) is 0. The average molecular weight is 1220 g/mol. The van der Waals surface area contributed by atoms with Gasteiger partial charge in [0.05, 0.1) is 13.2 Å². The molecule has 0 aromatic rings. The predicted octanol–water partition coefficient (Wildman–Crippen LogP) is 30.5. The standard InChI is InChI=1S/C53H108O2.C29H60O.CH4/c1-7-11-15-19-23-27-29-33-37-41-45-51(43-39-35-31-25-21-17-13-9-3)48-54-53(47-50(5)6)55-49-52(44-40-36-32-26-22-18-14-10-4)46-42-38-34-30-28-24-20-16-12-8-2;1-5-7-9-11-13-15-16-18-20-22-24-29(27-30-26-25-28(3)4)23-21-19-17-14-12-10-8-6-2;/h50-53H,7-49H2,1-6H3;28-29H,5-27H2,1-4H3;1H4. The van der Waals surface area contributed by atoms with Crippen molar-refractivity contribution in [2.24, 2.45) is 29.6 Å². The lowest BCUT2D eigenvalue weighted by molar-refractivity contribution is -0.166. The van der Waals surface area contributed by atoms with E-state index in [0.29, 0.717) is 17.8 Å². The second-order valence-corrected chi connectivity index (χ2v) is 29.3. The molecule has 86 heavy (non-hydrogen) atoms. The van der Waals surface area contributed by atoms with E-state index in [1.807, 2.05) is 0 Å². The molecular formula is C83H172O3. The number of unbranched alkanes of at least 4 members (excludes halogenated alkanes) is 48. The maximum atomic E-state index is 6.80. The summed E-state index contributed by atoms with van der Waals surface area (Å²) in [6.07, 6.45) is 87.3. The van der Waals surface area contributed by atoms with Gasteiger partial charge in [-0.05, 0) is 74.5 Å². The highest BCUT2D eigenvalue weighted by Gasteiger charge is 2.19. The third-order valence-electron chi connectivity index (χ3n) is 19.2. The van der Waals surface area contributed by atoms with Crippen molar-refractivity contribution in [3.63, 3.8) is 0 Å². The van der Waals surface area contributed by atoms with E-state index in [1.165, 1.54) is 392 Å². The summed E-state index contributed by atoms with van der Waals surface area (Å²) in [6.45, 7) is 27.0. The first-order chi connectivity index (χ1) is 41.8. The van der Waals surface area contributed by atoms with Crippen molar-refractivity contribution >= 4 is 0 Å². The summed E-state index contributed by atoms with van der Waals surface area (Å²) in [5, 5.41) is 0. The summed E-state index contributed by atoms with van der Waals surface area (Å²) >= 11 is 0. The van der Waals surface area contributed by atoms with E-state index in [2.05, 4.69) is 69.2 Å². The van der Waals surface area contributed by atoms with Crippen molar-refractivity contribution in [1.82, 2.24) is 0 Å². The monoisotopic (exact) mass is 1220 g/mol. The van der Waals surface area contributed by atoms with Gasteiger partial charge in [-0.15, -0.1) is 0 Å². The highest BCUT2D eigenvalue weighted by molar-refractivity contribution is 4.66. The van der Waals surface area contributed by atoms with Crippen LogP contribution in [0.2, 0.25) is 0 Å². The fourth-order valence-electron chi connectivity index (χ4n) is 13.0. The van der Waals surface area contributed by atoms with Gasteiger partial charge in [0.15, 0.2) is 6.29 Å². The Morgan fingerprint density at radius 2 is 0.395 bits per heavy atom. The molecule has 0 N–H and O–H groups in total. The molecule has 0 aromatic heterocycles. The van der Waals surface area contributed by atoms with Gasteiger partial charge in [-0.25, -0.2) is 0 Å². The zero-order chi connectivity index (χ0) is 62.3. The highest BCUT2D eigenvalue weighted by Crippen LogP contribution is 2.26. The molecule has 3 unspecified atom stereocenters. The van der Waals surface area contributed by atoms with Gasteiger partial charge < -0.3 is 14.2 Å². The van der Waals surface area contributed by atoms with Crippen LogP contribution in [-0.2, 0) is 14.2 Å². The summed E-state index contributed by atoms with van der Waals surface area (Å²) in [7, 11) is 0. The molecule has 0 bridgehead atoms. The third kappa shape index (κ3) is 76.3. The van der Waals surface area contributed by atoms with Gasteiger partial charge in [-0.1, -0.05) is 423 Å². The number of hydrogen-bond acceptors (Lipinski definition) is 3. The molecule has 0 aliphatic carbocycles. The van der Waals surface area contributed by atoms with E-state index in [9.17, 15) is 0 Å². The molecule has 0 radical (unpaired) electrons. The minimum absolute atomic E-state index is 0. The molecule has 0 aliphatic rings. The molecule has 0 fully saturated rings. The Balaban J connectivity index is -0.00000188. The maximum absolute atomic E-state index is 6.80. The van der Waals surface area contributed by atoms with Crippen molar-refractivity contribution in [2.75, 3.05) is 26.4 Å². The molecule has 3 nitrogen and oxygen atoms in total. The van der Waals surface area contributed by atoms with E-state index >= 15 is 0 Å². The van der Waals surface area contributed by atoms with Gasteiger partial charge >= 0.3 is 0 Å². The van der Waals surface area contributed by atoms with E-state index in [1.54, 1.807) is 0 Å². The van der Waals surface area contributed by atoms with E-state index in [-0.39, 0.29) is 13.7 Å². The van der Waals surface area contributed by atoms with E-state index in [0.717, 1.165) is 44.7 Å². The molecule has 0 aliphatic heterocycles. The van der Waals surface area contributed by atoms with Crippen LogP contribution in [0.25, 0.3) is 0 Å². The fraction of sp³-hybridized carbons (Fsp3) is 1.00. The van der Waals surface area contributed by atoms with Gasteiger partial charge in [0.1, 0.15) is 0 Å². The Morgan fingerprint density at radius 1 is 0.209 bits per heavy atom. The van der Waals surface area contributed by atoms with E-state index in [4.69, 9.17) is 14.2 Å². The van der Waals surface area contributed by atoms with Crippen molar-refractivity contribution in [1.29, 1.82) is 0 Å². The first-order valence-electron chi connectivity index (χ1n) is 40.6. The summed E-state index contributed by atoms with van der Waals surface area (Å²) < 4.78 is 19.7. The normalized spacial score (nSPS) is 13.1. The summed E-state index contributed by atoms with van der Waals surface area (Å²) in [5.74, 6) is 3.58. The lowest BCUT2D eigenvalue weighted by Crippen LogP contribution is -2.26. The summed E-state index contributed by atoms with van der Waals surface area (Å²) in [6, 6.07) is 0. The van der Waals surface area contributed by atoms with Gasteiger partial charge in [-0.3, -0.25) is 0 Å².